The van der Waals surface area contributed by atoms with Gasteiger partial charge >= 0.3 is 0 Å². The summed E-state index contributed by atoms with van der Waals surface area (Å²) in [6, 6.07) is 9.02. The van der Waals surface area contributed by atoms with Gasteiger partial charge < -0.3 is 4.74 Å². The van der Waals surface area contributed by atoms with E-state index in [0.717, 1.165) is 0 Å². The molecule has 1 heterocycles. The van der Waals surface area contributed by atoms with Crippen LogP contribution in [0.2, 0.25) is 5.15 Å². The number of thiazole rings is 1. The summed E-state index contributed by atoms with van der Waals surface area (Å²) in [7, 11) is 0. The summed E-state index contributed by atoms with van der Waals surface area (Å²) in [5.74, 6) is 0.492. The highest BCUT2D eigenvalue weighted by Gasteiger charge is 2.06. The standard InChI is InChI=1S/C10H5ClN2OS/c11-9-6-15-10(13-9)14-8-4-2-1-3-7(8)5-12/h1-4,6H. The summed E-state index contributed by atoms with van der Waals surface area (Å²) >= 11 is 6.94. The lowest BCUT2D eigenvalue weighted by Gasteiger charge is -2.02. The van der Waals surface area contributed by atoms with Crippen molar-refractivity contribution in [1.29, 1.82) is 5.26 Å². The van der Waals surface area contributed by atoms with Crippen LogP contribution in [0.5, 0.6) is 10.9 Å². The maximum atomic E-state index is 8.83. The second-order valence-electron chi connectivity index (χ2n) is 2.65. The highest BCUT2D eigenvalue weighted by molar-refractivity contribution is 7.11. The van der Waals surface area contributed by atoms with Gasteiger partial charge in [0.15, 0.2) is 0 Å². The van der Waals surface area contributed by atoms with E-state index in [4.69, 9.17) is 21.6 Å². The van der Waals surface area contributed by atoms with Crippen LogP contribution in [-0.4, -0.2) is 4.98 Å². The van der Waals surface area contributed by atoms with E-state index in [0.29, 0.717) is 21.7 Å². The van der Waals surface area contributed by atoms with Gasteiger partial charge in [-0.2, -0.15) is 10.2 Å². The van der Waals surface area contributed by atoms with Gasteiger partial charge in [0.2, 0.25) is 0 Å². The molecule has 0 N–H and O–H groups in total. The lowest BCUT2D eigenvalue weighted by molar-refractivity contribution is 0.477. The normalized spacial score (nSPS) is 9.60. The van der Waals surface area contributed by atoms with Crippen molar-refractivity contribution in [1.82, 2.24) is 4.98 Å². The average molecular weight is 237 g/mol. The summed E-state index contributed by atoms with van der Waals surface area (Å²) in [5.41, 5.74) is 0.476. The summed E-state index contributed by atoms with van der Waals surface area (Å²) in [6.07, 6.45) is 0. The molecular weight excluding hydrogens is 232 g/mol. The Morgan fingerprint density at radius 3 is 2.87 bits per heavy atom. The second kappa shape index (κ2) is 4.30. The van der Waals surface area contributed by atoms with Crippen molar-refractivity contribution in [2.45, 2.75) is 0 Å². The minimum Gasteiger partial charge on any atom is -0.429 e. The Morgan fingerprint density at radius 1 is 1.40 bits per heavy atom. The first kappa shape index (κ1) is 9.97. The third-order valence-corrected chi connectivity index (χ3v) is 2.70. The fourth-order valence-corrected chi connectivity index (χ4v) is 1.83. The van der Waals surface area contributed by atoms with Crippen LogP contribution in [0.15, 0.2) is 29.6 Å². The lowest BCUT2D eigenvalue weighted by atomic mass is 10.2. The molecule has 0 unspecified atom stereocenters. The Balaban J connectivity index is 2.28. The molecule has 0 atom stereocenters. The third kappa shape index (κ3) is 2.27. The molecule has 1 aromatic carbocycles. The summed E-state index contributed by atoms with van der Waals surface area (Å²) in [4.78, 5) is 3.93. The number of rotatable bonds is 2. The molecule has 0 aliphatic heterocycles. The molecule has 0 amide bonds. The van der Waals surface area contributed by atoms with E-state index >= 15 is 0 Å². The zero-order valence-electron chi connectivity index (χ0n) is 7.48. The minimum atomic E-state index is 0.393. The van der Waals surface area contributed by atoms with Crippen LogP contribution >= 0.6 is 22.9 Å². The molecule has 0 bridgehead atoms. The van der Waals surface area contributed by atoms with E-state index in [2.05, 4.69) is 4.98 Å². The lowest BCUT2D eigenvalue weighted by Crippen LogP contribution is -1.86. The molecule has 5 heteroatoms. The molecule has 0 radical (unpaired) electrons. The molecule has 0 aliphatic rings. The number of ether oxygens (including phenoxy) is 1. The van der Waals surface area contributed by atoms with Gasteiger partial charge in [0.25, 0.3) is 5.19 Å². The zero-order chi connectivity index (χ0) is 10.7. The van der Waals surface area contributed by atoms with Gasteiger partial charge in [0, 0.05) is 5.38 Å². The number of nitriles is 1. The first-order valence-electron chi connectivity index (χ1n) is 4.07. The number of nitrogens with zero attached hydrogens (tertiary/aromatic N) is 2. The Morgan fingerprint density at radius 2 is 2.20 bits per heavy atom. The van der Waals surface area contributed by atoms with Gasteiger partial charge in [-0.05, 0) is 12.1 Å². The quantitative estimate of drug-likeness (QED) is 0.802. The third-order valence-electron chi connectivity index (χ3n) is 1.66. The van der Waals surface area contributed by atoms with Crippen LogP contribution < -0.4 is 4.74 Å². The number of halogens is 1. The molecule has 0 saturated heterocycles. The maximum absolute atomic E-state index is 8.83. The van der Waals surface area contributed by atoms with Crippen LogP contribution in [-0.2, 0) is 0 Å². The largest absolute Gasteiger partial charge is 0.429 e. The summed E-state index contributed by atoms with van der Waals surface area (Å²) in [6.45, 7) is 0. The Hall–Kier alpha value is -1.57. The van der Waals surface area contributed by atoms with Gasteiger partial charge in [-0.1, -0.05) is 35.1 Å². The fourth-order valence-electron chi connectivity index (χ4n) is 1.03. The number of aromatic nitrogens is 1. The van der Waals surface area contributed by atoms with Crippen LogP contribution in [0.1, 0.15) is 5.56 Å². The van der Waals surface area contributed by atoms with Gasteiger partial charge in [-0.15, -0.1) is 0 Å². The average Bonchev–Trinajstić information content (AvgIpc) is 2.65. The molecule has 1 aromatic heterocycles. The van der Waals surface area contributed by atoms with E-state index in [1.165, 1.54) is 11.3 Å². The molecule has 74 valence electrons. The highest BCUT2D eigenvalue weighted by atomic mass is 35.5. The molecule has 2 rings (SSSR count). The van der Waals surface area contributed by atoms with E-state index in [1.54, 1.807) is 29.6 Å². The number of hydrogen-bond acceptors (Lipinski definition) is 4. The zero-order valence-corrected chi connectivity index (χ0v) is 9.05. The molecular formula is C10H5ClN2OS. The van der Waals surface area contributed by atoms with Crippen molar-refractivity contribution in [2.75, 3.05) is 0 Å². The molecule has 0 aliphatic carbocycles. The van der Waals surface area contributed by atoms with Crippen molar-refractivity contribution >= 4 is 22.9 Å². The SMILES string of the molecule is N#Cc1ccccc1Oc1nc(Cl)cs1. The smallest absolute Gasteiger partial charge is 0.280 e. The molecule has 0 fully saturated rings. The van der Waals surface area contributed by atoms with Crippen molar-refractivity contribution < 1.29 is 4.74 Å². The Kier molecular flexibility index (Phi) is 2.86. The first-order chi connectivity index (χ1) is 7.29. The van der Waals surface area contributed by atoms with Gasteiger partial charge in [-0.25, -0.2) is 0 Å². The minimum absolute atomic E-state index is 0.393. The van der Waals surface area contributed by atoms with Gasteiger partial charge in [0.1, 0.15) is 17.0 Å². The van der Waals surface area contributed by atoms with E-state index in [-0.39, 0.29) is 0 Å². The predicted octanol–water partition coefficient (Wildman–Crippen LogP) is 3.46. The van der Waals surface area contributed by atoms with Crippen molar-refractivity contribution in [3.05, 3.63) is 40.4 Å². The molecule has 2 aromatic rings. The first-order valence-corrected chi connectivity index (χ1v) is 5.33. The Labute approximate surface area is 95.5 Å². The predicted molar refractivity (Wildman–Crippen MR) is 58.4 cm³/mol. The number of benzene rings is 1. The maximum Gasteiger partial charge on any atom is 0.280 e. The number of hydrogen-bond donors (Lipinski definition) is 0. The Bertz CT molecular complexity index is 518. The molecule has 0 spiro atoms. The van der Waals surface area contributed by atoms with Crippen molar-refractivity contribution in [3.8, 4) is 17.0 Å². The van der Waals surface area contributed by atoms with Crippen LogP contribution in [0, 0.1) is 11.3 Å². The highest BCUT2D eigenvalue weighted by Crippen LogP contribution is 2.28. The van der Waals surface area contributed by atoms with E-state index in [1.807, 2.05) is 6.07 Å². The van der Waals surface area contributed by atoms with Crippen molar-refractivity contribution in [2.24, 2.45) is 0 Å². The molecule has 15 heavy (non-hydrogen) atoms. The number of para-hydroxylation sites is 1. The van der Waals surface area contributed by atoms with Crippen LogP contribution in [0.3, 0.4) is 0 Å². The van der Waals surface area contributed by atoms with Gasteiger partial charge in [0.05, 0.1) is 5.56 Å². The van der Waals surface area contributed by atoms with Gasteiger partial charge in [-0.3, -0.25) is 0 Å². The second-order valence-corrected chi connectivity index (χ2v) is 3.85. The topological polar surface area (TPSA) is 45.9 Å². The monoisotopic (exact) mass is 236 g/mol. The van der Waals surface area contributed by atoms with Crippen LogP contribution in [0.4, 0.5) is 0 Å². The summed E-state index contributed by atoms with van der Waals surface area (Å²) < 4.78 is 5.42. The molecule has 0 saturated carbocycles. The fraction of sp³-hybridized carbons (Fsp3) is 0. The molecule has 3 nitrogen and oxygen atoms in total. The van der Waals surface area contributed by atoms with Crippen LogP contribution in [0.25, 0.3) is 0 Å². The summed E-state index contributed by atoms with van der Waals surface area (Å²) in [5, 5.41) is 11.3. The van der Waals surface area contributed by atoms with E-state index in [9.17, 15) is 0 Å². The van der Waals surface area contributed by atoms with E-state index < -0.39 is 0 Å². The van der Waals surface area contributed by atoms with Crippen molar-refractivity contribution in [3.63, 3.8) is 0 Å².